The summed E-state index contributed by atoms with van der Waals surface area (Å²) in [7, 11) is 0. The van der Waals surface area contributed by atoms with Gasteiger partial charge in [-0.1, -0.05) is 11.6 Å². The van der Waals surface area contributed by atoms with Gasteiger partial charge < -0.3 is 5.73 Å². The van der Waals surface area contributed by atoms with E-state index in [0.717, 1.165) is 0 Å². The molecule has 0 saturated heterocycles. The molecule has 0 spiro atoms. The van der Waals surface area contributed by atoms with E-state index in [0.29, 0.717) is 18.4 Å². The van der Waals surface area contributed by atoms with Gasteiger partial charge in [0.05, 0.1) is 6.10 Å². The molecule has 1 atom stereocenters. The number of primary amides is 1. The Morgan fingerprint density at radius 3 is 2.80 bits per heavy atom. The molecule has 6 heteroatoms. The van der Waals surface area contributed by atoms with E-state index in [1.165, 1.54) is 0 Å². The summed E-state index contributed by atoms with van der Waals surface area (Å²) in [6.45, 7) is 0. The molecule has 2 N–H and O–H groups in total. The molecule has 0 saturated carbocycles. The van der Waals surface area contributed by atoms with Crippen molar-refractivity contribution in [2.75, 3.05) is 0 Å². The number of allylic oxidation sites excluding steroid dienone is 1. The summed E-state index contributed by atoms with van der Waals surface area (Å²) < 4.78 is 39.6. The van der Waals surface area contributed by atoms with Crippen molar-refractivity contribution in [1.29, 1.82) is 0 Å². The SMILES string of the molecule is NC(=O)CC1=CCC[C@H](OC(F)(F)F)C1. The Morgan fingerprint density at radius 1 is 1.60 bits per heavy atom. The average molecular weight is 223 g/mol. The number of hydrogen-bond acceptors (Lipinski definition) is 2. The maximum absolute atomic E-state index is 11.9. The second-order valence-corrected chi connectivity index (χ2v) is 3.47. The Kier molecular flexibility index (Phi) is 3.73. The molecule has 0 radical (unpaired) electrons. The van der Waals surface area contributed by atoms with Crippen LogP contribution < -0.4 is 5.73 Å². The van der Waals surface area contributed by atoms with Gasteiger partial charge in [-0.2, -0.15) is 0 Å². The lowest BCUT2D eigenvalue weighted by Gasteiger charge is -2.23. The largest absolute Gasteiger partial charge is 0.522 e. The molecule has 0 unspecified atom stereocenters. The van der Waals surface area contributed by atoms with Crippen LogP contribution >= 0.6 is 0 Å². The first-order chi connectivity index (χ1) is 6.87. The third-order valence-corrected chi connectivity index (χ3v) is 2.11. The van der Waals surface area contributed by atoms with E-state index in [1.807, 2.05) is 0 Å². The summed E-state index contributed by atoms with van der Waals surface area (Å²) >= 11 is 0. The molecule has 0 heterocycles. The highest BCUT2D eigenvalue weighted by Crippen LogP contribution is 2.28. The zero-order valence-corrected chi connectivity index (χ0v) is 8.01. The summed E-state index contributed by atoms with van der Waals surface area (Å²) in [5.74, 6) is -0.533. The summed E-state index contributed by atoms with van der Waals surface area (Å²) in [4.78, 5) is 10.6. The smallest absolute Gasteiger partial charge is 0.369 e. The quantitative estimate of drug-likeness (QED) is 0.742. The Hall–Kier alpha value is -1.04. The zero-order chi connectivity index (χ0) is 11.5. The van der Waals surface area contributed by atoms with Gasteiger partial charge in [0.2, 0.25) is 5.91 Å². The van der Waals surface area contributed by atoms with Crippen LogP contribution in [-0.4, -0.2) is 18.4 Å². The van der Waals surface area contributed by atoms with E-state index in [-0.39, 0.29) is 12.8 Å². The molecule has 0 aromatic rings. The fourth-order valence-electron chi connectivity index (χ4n) is 1.61. The maximum atomic E-state index is 11.9. The van der Waals surface area contributed by atoms with Gasteiger partial charge in [-0.25, -0.2) is 0 Å². The number of carbonyl (C=O) groups excluding carboxylic acids is 1. The summed E-state index contributed by atoms with van der Waals surface area (Å²) in [6.07, 6.45) is -2.80. The monoisotopic (exact) mass is 223 g/mol. The minimum atomic E-state index is -4.61. The molecule has 0 aromatic carbocycles. The average Bonchev–Trinajstić information content (AvgIpc) is 1.99. The molecule has 0 fully saturated rings. The highest BCUT2D eigenvalue weighted by molar-refractivity contribution is 5.76. The fourth-order valence-corrected chi connectivity index (χ4v) is 1.61. The Balaban J connectivity index is 2.47. The van der Waals surface area contributed by atoms with Crippen molar-refractivity contribution in [2.45, 2.75) is 38.1 Å². The van der Waals surface area contributed by atoms with Crippen LogP contribution in [0.25, 0.3) is 0 Å². The molecule has 1 rings (SSSR count). The molecule has 0 bridgehead atoms. The molecule has 0 aromatic heterocycles. The standard InChI is InChI=1S/C9H12F3NO2/c10-9(11,12)15-7-3-1-2-6(4-7)5-8(13)14/h2,7H,1,3-5H2,(H2,13,14)/t7-/m0/s1. The third-order valence-electron chi connectivity index (χ3n) is 2.11. The van der Waals surface area contributed by atoms with Crippen LogP contribution in [0.3, 0.4) is 0 Å². The predicted molar refractivity (Wildman–Crippen MR) is 46.7 cm³/mol. The van der Waals surface area contributed by atoms with Crippen molar-refractivity contribution in [1.82, 2.24) is 0 Å². The topological polar surface area (TPSA) is 52.3 Å². The number of hydrogen-bond donors (Lipinski definition) is 1. The highest BCUT2D eigenvalue weighted by Gasteiger charge is 2.34. The maximum Gasteiger partial charge on any atom is 0.522 e. The van der Waals surface area contributed by atoms with Gasteiger partial charge in [0.1, 0.15) is 0 Å². The number of alkyl halides is 3. The third kappa shape index (κ3) is 4.83. The second-order valence-electron chi connectivity index (χ2n) is 3.47. The van der Waals surface area contributed by atoms with Gasteiger partial charge in [-0.3, -0.25) is 9.53 Å². The van der Waals surface area contributed by atoms with E-state index in [9.17, 15) is 18.0 Å². The number of carbonyl (C=O) groups is 1. The lowest BCUT2D eigenvalue weighted by Crippen LogP contribution is -2.26. The number of halogens is 3. The van der Waals surface area contributed by atoms with E-state index < -0.39 is 18.4 Å². The number of amides is 1. The molecule has 1 amide bonds. The Morgan fingerprint density at radius 2 is 2.27 bits per heavy atom. The molecular weight excluding hydrogens is 211 g/mol. The predicted octanol–water partition coefficient (Wildman–Crippen LogP) is 1.88. The van der Waals surface area contributed by atoms with Crippen molar-refractivity contribution in [3.05, 3.63) is 11.6 Å². The number of rotatable bonds is 3. The molecule has 86 valence electrons. The molecule has 1 aliphatic carbocycles. The first-order valence-corrected chi connectivity index (χ1v) is 4.57. The van der Waals surface area contributed by atoms with E-state index in [4.69, 9.17) is 5.73 Å². The molecule has 0 aliphatic heterocycles. The van der Waals surface area contributed by atoms with Crippen molar-refractivity contribution in [2.24, 2.45) is 5.73 Å². The van der Waals surface area contributed by atoms with Crippen LogP contribution in [0.2, 0.25) is 0 Å². The number of nitrogens with two attached hydrogens (primary N) is 1. The van der Waals surface area contributed by atoms with Crippen LogP contribution in [-0.2, 0) is 9.53 Å². The highest BCUT2D eigenvalue weighted by atomic mass is 19.4. The van der Waals surface area contributed by atoms with Crippen molar-refractivity contribution in [3.63, 3.8) is 0 Å². The first kappa shape index (κ1) is 12.0. The van der Waals surface area contributed by atoms with Crippen molar-refractivity contribution >= 4 is 5.91 Å². The van der Waals surface area contributed by atoms with Gasteiger partial charge in [-0.15, -0.1) is 13.2 Å². The van der Waals surface area contributed by atoms with Gasteiger partial charge in [0, 0.05) is 6.42 Å². The van der Waals surface area contributed by atoms with Crippen molar-refractivity contribution in [3.8, 4) is 0 Å². The van der Waals surface area contributed by atoms with Gasteiger partial charge in [0.15, 0.2) is 0 Å². The lowest BCUT2D eigenvalue weighted by atomic mass is 9.94. The van der Waals surface area contributed by atoms with Gasteiger partial charge >= 0.3 is 6.36 Å². The van der Waals surface area contributed by atoms with E-state index in [2.05, 4.69) is 4.74 Å². The summed E-state index contributed by atoms with van der Waals surface area (Å²) in [5.41, 5.74) is 5.58. The summed E-state index contributed by atoms with van der Waals surface area (Å²) in [6, 6.07) is 0. The van der Waals surface area contributed by atoms with E-state index in [1.54, 1.807) is 6.08 Å². The minimum Gasteiger partial charge on any atom is -0.369 e. The van der Waals surface area contributed by atoms with Crippen LogP contribution in [0, 0.1) is 0 Å². The zero-order valence-electron chi connectivity index (χ0n) is 8.01. The first-order valence-electron chi connectivity index (χ1n) is 4.57. The van der Waals surface area contributed by atoms with Gasteiger partial charge in [-0.05, 0) is 19.3 Å². The lowest BCUT2D eigenvalue weighted by molar-refractivity contribution is -0.343. The van der Waals surface area contributed by atoms with Crippen LogP contribution in [0.5, 0.6) is 0 Å². The van der Waals surface area contributed by atoms with E-state index >= 15 is 0 Å². The van der Waals surface area contributed by atoms with Crippen LogP contribution in [0.4, 0.5) is 13.2 Å². The Labute approximate surface area is 85.1 Å². The van der Waals surface area contributed by atoms with Crippen molar-refractivity contribution < 1.29 is 22.7 Å². The second kappa shape index (κ2) is 4.65. The van der Waals surface area contributed by atoms with Crippen LogP contribution in [0.1, 0.15) is 25.7 Å². The molecule has 1 aliphatic rings. The fraction of sp³-hybridized carbons (Fsp3) is 0.667. The molecular formula is C9H12F3NO2. The van der Waals surface area contributed by atoms with Gasteiger partial charge in [0.25, 0.3) is 0 Å². The summed E-state index contributed by atoms with van der Waals surface area (Å²) in [5, 5.41) is 0. The molecule has 15 heavy (non-hydrogen) atoms. The minimum absolute atomic E-state index is 0.0116. The number of ether oxygens (including phenoxy) is 1. The Bertz CT molecular complexity index is 273. The normalized spacial score (nSPS) is 22.3. The van der Waals surface area contributed by atoms with Crippen LogP contribution in [0.15, 0.2) is 11.6 Å². The molecule has 3 nitrogen and oxygen atoms in total.